The fourth-order valence-electron chi connectivity index (χ4n) is 1.59. The van der Waals surface area contributed by atoms with E-state index in [9.17, 15) is 14.4 Å². The Morgan fingerprint density at radius 2 is 2.06 bits per heavy atom. The van der Waals surface area contributed by atoms with Crippen LogP contribution in [0.2, 0.25) is 0 Å². The minimum atomic E-state index is -1.10. The Bertz CT molecular complexity index is 537. The fraction of sp³-hybridized carbons (Fsp3) is 0.0909. The van der Waals surface area contributed by atoms with E-state index in [0.717, 1.165) is 6.21 Å². The first-order chi connectivity index (χ1) is 8.09. The average Bonchev–Trinajstić information content (AvgIpc) is 2.28. The molecule has 2 rings (SSSR count). The van der Waals surface area contributed by atoms with Crippen LogP contribution in [0.3, 0.4) is 0 Å². The largest absolute Gasteiger partial charge is 0.350 e. The van der Waals surface area contributed by atoms with Crippen molar-refractivity contribution in [3.8, 4) is 0 Å². The third-order valence-electron chi connectivity index (χ3n) is 2.37. The normalized spacial score (nSPS) is 18.9. The summed E-state index contributed by atoms with van der Waals surface area (Å²) in [7, 11) is 0. The van der Waals surface area contributed by atoms with Gasteiger partial charge < -0.3 is 11.1 Å². The molecular weight excluding hydrogens is 222 g/mol. The number of para-hydroxylation sites is 1. The number of primary amides is 1. The fourth-order valence-corrected chi connectivity index (χ4v) is 1.59. The number of anilines is 1. The van der Waals surface area contributed by atoms with Crippen molar-refractivity contribution in [1.82, 2.24) is 0 Å². The molecule has 1 aromatic carbocycles. The topological polar surface area (TPSA) is 102 Å². The van der Waals surface area contributed by atoms with Crippen LogP contribution < -0.4 is 11.1 Å². The second kappa shape index (κ2) is 4.17. The van der Waals surface area contributed by atoms with Gasteiger partial charge in [0.1, 0.15) is 5.92 Å². The zero-order chi connectivity index (χ0) is 12.4. The van der Waals surface area contributed by atoms with Gasteiger partial charge in [-0.3, -0.25) is 9.59 Å². The van der Waals surface area contributed by atoms with Gasteiger partial charge in [0.25, 0.3) is 0 Å². The van der Waals surface area contributed by atoms with E-state index in [2.05, 4.69) is 10.3 Å². The van der Waals surface area contributed by atoms with Crippen molar-refractivity contribution in [1.29, 1.82) is 0 Å². The Balaban J connectivity index is 2.37. The molecule has 0 aliphatic carbocycles. The molecule has 1 heterocycles. The molecule has 1 aliphatic rings. The Morgan fingerprint density at radius 1 is 1.35 bits per heavy atom. The molecule has 0 fully saturated rings. The summed E-state index contributed by atoms with van der Waals surface area (Å²) in [5.74, 6) is -2.01. The number of benzene rings is 1. The van der Waals surface area contributed by atoms with Crippen molar-refractivity contribution in [2.24, 2.45) is 16.6 Å². The first-order valence-electron chi connectivity index (χ1n) is 4.87. The van der Waals surface area contributed by atoms with Gasteiger partial charge in [0, 0.05) is 11.8 Å². The summed E-state index contributed by atoms with van der Waals surface area (Å²) in [6.45, 7) is 0. The number of nitrogens with one attached hydrogen (secondary N) is 1. The molecule has 0 saturated heterocycles. The monoisotopic (exact) mass is 231 g/mol. The summed E-state index contributed by atoms with van der Waals surface area (Å²) < 4.78 is 0. The lowest BCUT2D eigenvalue weighted by atomic mass is 9.92. The number of amides is 3. The first-order valence-corrected chi connectivity index (χ1v) is 4.87. The van der Waals surface area contributed by atoms with E-state index >= 15 is 0 Å². The number of aliphatic imine (C=N–C) groups is 1. The van der Waals surface area contributed by atoms with E-state index in [1.165, 1.54) is 0 Å². The molecule has 3 amide bonds. The summed E-state index contributed by atoms with van der Waals surface area (Å²) >= 11 is 0. The van der Waals surface area contributed by atoms with E-state index in [-0.39, 0.29) is 0 Å². The highest BCUT2D eigenvalue weighted by Gasteiger charge is 2.32. The Hall–Kier alpha value is -2.50. The SMILES string of the molecule is NC(=O)N=C[C@@H]1C(=O)Nc2ccccc2C1=O. The van der Waals surface area contributed by atoms with Crippen LogP contribution in [-0.4, -0.2) is 23.9 Å². The molecule has 0 spiro atoms. The number of rotatable bonds is 1. The molecular formula is C11H9N3O3. The number of ketones is 1. The highest BCUT2D eigenvalue weighted by Crippen LogP contribution is 2.24. The van der Waals surface area contributed by atoms with Crippen LogP contribution in [0.25, 0.3) is 0 Å². The lowest BCUT2D eigenvalue weighted by Crippen LogP contribution is -2.36. The molecule has 6 nitrogen and oxygen atoms in total. The van der Waals surface area contributed by atoms with Gasteiger partial charge in [-0.2, -0.15) is 0 Å². The molecule has 3 N–H and O–H groups in total. The van der Waals surface area contributed by atoms with Crippen LogP contribution in [0.15, 0.2) is 29.3 Å². The van der Waals surface area contributed by atoms with Crippen LogP contribution in [0.5, 0.6) is 0 Å². The minimum absolute atomic E-state index is 0.394. The standard InChI is InChI=1S/C11H9N3O3/c12-11(17)13-5-7-9(15)6-3-1-2-4-8(6)14-10(7)16/h1-5,7H,(H2,12,17)(H,14,16)/t7-/m0/s1. The number of carbonyl (C=O) groups is 3. The van der Waals surface area contributed by atoms with Crippen LogP contribution in [-0.2, 0) is 4.79 Å². The van der Waals surface area contributed by atoms with Gasteiger partial charge in [-0.05, 0) is 12.1 Å². The molecule has 1 aliphatic heterocycles. The molecule has 0 unspecified atom stereocenters. The van der Waals surface area contributed by atoms with Crippen molar-refractivity contribution in [2.75, 3.05) is 5.32 Å². The lowest BCUT2D eigenvalue weighted by molar-refractivity contribution is -0.117. The van der Waals surface area contributed by atoms with Crippen LogP contribution in [0.1, 0.15) is 10.4 Å². The number of nitrogens with two attached hydrogens (primary N) is 1. The lowest BCUT2D eigenvalue weighted by Gasteiger charge is -2.20. The summed E-state index contributed by atoms with van der Waals surface area (Å²) in [6.07, 6.45) is 0.968. The van der Waals surface area contributed by atoms with Gasteiger partial charge in [-0.15, -0.1) is 0 Å². The molecule has 0 bridgehead atoms. The number of carbonyl (C=O) groups excluding carboxylic acids is 3. The van der Waals surface area contributed by atoms with Crippen LogP contribution >= 0.6 is 0 Å². The maximum Gasteiger partial charge on any atom is 0.337 e. The number of Topliss-reactive ketones (excluding diaryl/α,β-unsaturated/α-hetero) is 1. The second-order valence-corrected chi connectivity index (χ2v) is 3.49. The van der Waals surface area contributed by atoms with Crippen LogP contribution in [0.4, 0.5) is 10.5 Å². The Morgan fingerprint density at radius 3 is 2.76 bits per heavy atom. The smallest absolute Gasteiger partial charge is 0.337 e. The summed E-state index contributed by atoms with van der Waals surface area (Å²) in [5.41, 5.74) is 5.68. The van der Waals surface area contributed by atoms with Gasteiger partial charge in [-0.1, -0.05) is 12.1 Å². The van der Waals surface area contributed by atoms with Crippen molar-refractivity contribution >= 4 is 29.6 Å². The quantitative estimate of drug-likeness (QED) is 0.546. The number of hydrogen-bond donors (Lipinski definition) is 2. The molecule has 0 aromatic heterocycles. The molecule has 1 atom stereocenters. The van der Waals surface area contributed by atoms with E-state index in [1.807, 2.05) is 0 Å². The van der Waals surface area contributed by atoms with Gasteiger partial charge in [0.05, 0.1) is 5.69 Å². The molecule has 6 heteroatoms. The van der Waals surface area contributed by atoms with E-state index in [0.29, 0.717) is 11.3 Å². The predicted octanol–water partition coefficient (Wildman–Crippen LogP) is 0.587. The molecule has 0 saturated carbocycles. The predicted molar refractivity (Wildman–Crippen MR) is 61.0 cm³/mol. The number of fused-ring (bicyclic) bond motifs is 1. The van der Waals surface area contributed by atoms with Gasteiger partial charge in [0.15, 0.2) is 5.78 Å². The third-order valence-corrected chi connectivity index (χ3v) is 2.37. The number of hydrogen-bond acceptors (Lipinski definition) is 3. The maximum atomic E-state index is 11.9. The van der Waals surface area contributed by atoms with Crippen molar-refractivity contribution in [2.45, 2.75) is 0 Å². The highest BCUT2D eigenvalue weighted by molar-refractivity contribution is 6.28. The third kappa shape index (κ3) is 2.05. The van der Waals surface area contributed by atoms with Gasteiger partial charge in [0.2, 0.25) is 5.91 Å². The molecule has 1 aromatic rings. The van der Waals surface area contributed by atoms with E-state index in [1.54, 1.807) is 24.3 Å². The molecule has 0 radical (unpaired) electrons. The second-order valence-electron chi connectivity index (χ2n) is 3.49. The van der Waals surface area contributed by atoms with E-state index < -0.39 is 23.6 Å². The average molecular weight is 231 g/mol. The van der Waals surface area contributed by atoms with Crippen LogP contribution in [0, 0.1) is 5.92 Å². The summed E-state index contributed by atoms with van der Waals surface area (Å²) in [6, 6.07) is 5.69. The molecule has 86 valence electrons. The first kappa shape index (κ1) is 11.0. The summed E-state index contributed by atoms with van der Waals surface area (Å²) in [5, 5.41) is 2.56. The van der Waals surface area contributed by atoms with Crippen molar-refractivity contribution < 1.29 is 14.4 Å². The highest BCUT2D eigenvalue weighted by atomic mass is 16.2. The zero-order valence-corrected chi connectivity index (χ0v) is 8.71. The maximum absolute atomic E-state index is 11.9. The van der Waals surface area contributed by atoms with Gasteiger partial charge >= 0.3 is 6.03 Å². The Kier molecular flexibility index (Phi) is 2.70. The number of nitrogens with zero attached hydrogens (tertiary/aromatic N) is 1. The molecule has 17 heavy (non-hydrogen) atoms. The van der Waals surface area contributed by atoms with Gasteiger partial charge in [-0.25, -0.2) is 9.79 Å². The Labute approximate surface area is 96.5 Å². The number of urea groups is 1. The zero-order valence-electron chi connectivity index (χ0n) is 8.71. The van der Waals surface area contributed by atoms with E-state index in [4.69, 9.17) is 5.73 Å². The van der Waals surface area contributed by atoms with Crippen molar-refractivity contribution in [3.05, 3.63) is 29.8 Å². The van der Waals surface area contributed by atoms with Crippen molar-refractivity contribution in [3.63, 3.8) is 0 Å². The minimum Gasteiger partial charge on any atom is -0.350 e. The summed E-state index contributed by atoms with van der Waals surface area (Å²) in [4.78, 5) is 37.3.